The fraction of sp³-hybridized carbons (Fsp3) is 0.706. The van der Waals surface area contributed by atoms with Crippen LogP contribution >= 0.6 is 0 Å². The molecule has 0 spiro atoms. The number of aromatic nitrogens is 1. The molecule has 0 aliphatic carbocycles. The first-order valence-electron chi connectivity index (χ1n) is 8.61. The second-order valence-corrected chi connectivity index (χ2v) is 6.16. The first kappa shape index (κ1) is 18.4. The van der Waals surface area contributed by atoms with Crippen molar-refractivity contribution in [2.75, 3.05) is 33.3 Å². The summed E-state index contributed by atoms with van der Waals surface area (Å²) in [6.45, 7) is 7.28. The van der Waals surface area contributed by atoms with Crippen LogP contribution in [0.25, 0.3) is 0 Å². The molecule has 1 aliphatic rings. The molecule has 2 heterocycles. The Morgan fingerprint density at radius 1 is 1.38 bits per heavy atom. The van der Waals surface area contributed by atoms with Crippen LogP contribution in [0.2, 0.25) is 0 Å². The van der Waals surface area contributed by atoms with Gasteiger partial charge in [-0.15, -0.1) is 0 Å². The summed E-state index contributed by atoms with van der Waals surface area (Å²) >= 11 is 0. The van der Waals surface area contributed by atoms with E-state index in [2.05, 4.69) is 15.2 Å². The van der Waals surface area contributed by atoms with Crippen LogP contribution in [-0.2, 0) is 16.0 Å². The van der Waals surface area contributed by atoms with Gasteiger partial charge in [-0.1, -0.05) is 5.16 Å². The van der Waals surface area contributed by atoms with E-state index in [-0.39, 0.29) is 11.7 Å². The molecule has 7 heteroatoms. The van der Waals surface area contributed by atoms with E-state index < -0.39 is 5.97 Å². The van der Waals surface area contributed by atoms with Crippen molar-refractivity contribution in [3.8, 4) is 0 Å². The van der Waals surface area contributed by atoms with Crippen molar-refractivity contribution in [2.24, 2.45) is 11.8 Å². The smallest absolute Gasteiger partial charge is 0.376 e. The quantitative estimate of drug-likeness (QED) is 0.759. The van der Waals surface area contributed by atoms with Crippen LogP contribution in [0, 0.1) is 11.8 Å². The summed E-state index contributed by atoms with van der Waals surface area (Å²) in [7, 11) is 1.31. The van der Waals surface area contributed by atoms with Gasteiger partial charge in [0.2, 0.25) is 11.7 Å². The summed E-state index contributed by atoms with van der Waals surface area (Å²) in [6.07, 6.45) is 2.22. The SMILES string of the molecule is CCN(CC)C(=O)C[C@@H]1CCNC[C@@H]1Cc1cc(C(=O)OC)on1. The van der Waals surface area contributed by atoms with E-state index in [9.17, 15) is 9.59 Å². The molecule has 0 bridgehead atoms. The number of hydrogen-bond donors (Lipinski definition) is 1. The molecule has 1 amide bonds. The lowest BCUT2D eigenvalue weighted by atomic mass is 9.81. The number of rotatable bonds is 7. The van der Waals surface area contributed by atoms with Crippen molar-refractivity contribution in [1.29, 1.82) is 0 Å². The Kier molecular flexibility index (Phi) is 6.78. The second-order valence-electron chi connectivity index (χ2n) is 6.16. The van der Waals surface area contributed by atoms with Crippen LogP contribution < -0.4 is 5.32 Å². The number of carbonyl (C=O) groups is 2. The maximum atomic E-state index is 12.4. The largest absolute Gasteiger partial charge is 0.463 e. The molecule has 24 heavy (non-hydrogen) atoms. The first-order chi connectivity index (χ1) is 11.6. The summed E-state index contributed by atoms with van der Waals surface area (Å²) < 4.78 is 9.66. The number of nitrogens with one attached hydrogen (secondary N) is 1. The Morgan fingerprint density at radius 3 is 2.79 bits per heavy atom. The highest BCUT2D eigenvalue weighted by molar-refractivity contribution is 5.86. The van der Waals surface area contributed by atoms with Crippen LogP contribution in [-0.4, -0.2) is 55.2 Å². The number of methoxy groups -OCH3 is 1. The normalized spacial score (nSPS) is 20.6. The van der Waals surface area contributed by atoms with Crippen LogP contribution in [0.1, 0.15) is 42.9 Å². The molecule has 1 aromatic rings. The zero-order valence-corrected chi connectivity index (χ0v) is 14.7. The third kappa shape index (κ3) is 4.56. The molecule has 2 atom stereocenters. The number of nitrogens with zero attached hydrogens (tertiary/aromatic N) is 2. The summed E-state index contributed by atoms with van der Waals surface area (Å²) in [5, 5.41) is 7.34. The molecular formula is C17H27N3O4. The average molecular weight is 337 g/mol. The lowest BCUT2D eigenvalue weighted by Crippen LogP contribution is -2.41. The minimum atomic E-state index is -0.524. The molecule has 1 fully saturated rings. The molecule has 134 valence electrons. The summed E-state index contributed by atoms with van der Waals surface area (Å²) in [5.74, 6) is 0.426. The number of carbonyl (C=O) groups excluding carboxylic acids is 2. The Balaban J connectivity index is 2.00. The van der Waals surface area contributed by atoms with E-state index in [0.29, 0.717) is 24.7 Å². The fourth-order valence-electron chi connectivity index (χ4n) is 3.29. The molecule has 1 aliphatic heterocycles. The monoisotopic (exact) mass is 337 g/mol. The number of hydrogen-bond acceptors (Lipinski definition) is 6. The summed E-state index contributed by atoms with van der Waals surface area (Å²) in [5.41, 5.74) is 0.726. The van der Waals surface area contributed by atoms with Crippen molar-refractivity contribution >= 4 is 11.9 Å². The number of piperidine rings is 1. The summed E-state index contributed by atoms with van der Waals surface area (Å²) in [6, 6.07) is 1.63. The van der Waals surface area contributed by atoms with Crippen molar-refractivity contribution in [3.63, 3.8) is 0 Å². The Bertz CT molecular complexity index is 554. The predicted molar refractivity (Wildman–Crippen MR) is 88.6 cm³/mol. The van der Waals surface area contributed by atoms with E-state index in [4.69, 9.17) is 4.52 Å². The Labute approximate surface area is 142 Å². The van der Waals surface area contributed by atoms with Gasteiger partial charge < -0.3 is 19.5 Å². The van der Waals surface area contributed by atoms with Crippen molar-refractivity contribution in [3.05, 3.63) is 17.5 Å². The fourth-order valence-corrected chi connectivity index (χ4v) is 3.29. The molecule has 1 aromatic heterocycles. The molecule has 1 saturated heterocycles. The van der Waals surface area contributed by atoms with E-state index >= 15 is 0 Å². The molecule has 2 rings (SSSR count). The van der Waals surface area contributed by atoms with Gasteiger partial charge in [0.1, 0.15) is 0 Å². The van der Waals surface area contributed by atoms with E-state index in [1.807, 2.05) is 18.7 Å². The minimum Gasteiger partial charge on any atom is -0.463 e. The van der Waals surface area contributed by atoms with Crippen LogP contribution in [0.3, 0.4) is 0 Å². The number of amides is 1. The van der Waals surface area contributed by atoms with Crippen molar-refractivity contribution in [1.82, 2.24) is 15.4 Å². The zero-order chi connectivity index (χ0) is 17.5. The number of ether oxygens (including phenoxy) is 1. The summed E-state index contributed by atoms with van der Waals surface area (Å²) in [4.78, 5) is 25.7. The van der Waals surface area contributed by atoms with Gasteiger partial charge in [0.05, 0.1) is 12.8 Å². The molecule has 1 N–H and O–H groups in total. The molecule has 0 unspecified atom stereocenters. The average Bonchev–Trinajstić information content (AvgIpc) is 3.05. The molecule has 0 aromatic carbocycles. The highest BCUT2D eigenvalue weighted by Gasteiger charge is 2.29. The first-order valence-corrected chi connectivity index (χ1v) is 8.61. The molecular weight excluding hydrogens is 310 g/mol. The van der Waals surface area contributed by atoms with Gasteiger partial charge >= 0.3 is 5.97 Å². The van der Waals surface area contributed by atoms with E-state index in [1.54, 1.807) is 6.07 Å². The van der Waals surface area contributed by atoms with Gasteiger partial charge in [-0.05, 0) is 51.6 Å². The predicted octanol–water partition coefficient (Wildman–Crippen LogP) is 1.49. The van der Waals surface area contributed by atoms with E-state index in [0.717, 1.165) is 38.3 Å². The molecule has 0 radical (unpaired) electrons. The Morgan fingerprint density at radius 2 is 2.12 bits per heavy atom. The van der Waals surface area contributed by atoms with Gasteiger partial charge in [-0.2, -0.15) is 0 Å². The lowest BCUT2D eigenvalue weighted by Gasteiger charge is -2.32. The van der Waals surface area contributed by atoms with Gasteiger partial charge in [-0.3, -0.25) is 4.79 Å². The molecule has 7 nitrogen and oxygen atoms in total. The highest BCUT2D eigenvalue weighted by atomic mass is 16.5. The van der Waals surface area contributed by atoms with Gasteiger partial charge in [0, 0.05) is 25.6 Å². The topological polar surface area (TPSA) is 84.7 Å². The number of esters is 1. The highest BCUT2D eigenvalue weighted by Crippen LogP contribution is 2.27. The van der Waals surface area contributed by atoms with Gasteiger partial charge in [0.15, 0.2) is 0 Å². The third-order valence-corrected chi connectivity index (χ3v) is 4.73. The maximum Gasteiger partial charge on any atom is 0.376 e. The van der Waals surface area contributed by atoms with E-state index in [1.165, 1.54) is 7.11 Å². The second kappa shape index (κ2) is 8.82. The van der Waals surface area contributed by atoms with Crippen LogP contribution in [0.15, 0.2) is 10.6 Å². The van der Waals surface area contributed by atoms with Crippen molar-refractivity contribution in [2.45, 2.75) is 33.1 Å². The minimum absolute atomic E-state index is 0.118. The lowest BCUT2D eigenvalue weighted by molar-refractivity contribution is -0.132. The Hall–Kier alpha value is -1.89. The third-order valence-electron chi connectivity index (χ3n) is 4.73. The standard InChI is InChI=1S/C17H27N3O4/c1-4-20(5-2)16(21)9-12-6-7-18-11-13(12)8-14-10-15(24-19-14)17(22)23-3/h10,12-13,18H,4-9,11H2,1-3H3/t12-,13-/m0/s1. The van der Waals surface area contributed by atoms with Gasteiger partial charge in [0.25, 0.3) is 0 Å². The molecule has 0 saturated carbocycles. The van der Waals surface area contributed by atoms with Gasteiger partial charge in [-0.25, -0.2) is 4.79 Å². The maximum absolute atomic E-state index is 12.4. The van der Waals surface area contributed by atoms with Crippen LogP contribution in [0.4, 0.5) is 0 Å². The zero-order valence-electron chi connectivity index (χ0n) is 14.7. The van der Waals surface area contributed by atoms with Crippen LogP contribution in [0.5, 0.6) is 0 Å². The van der Waals surface area contributed by atoms with Crippen molar-refractivity contribution < 1.29 is 18.8 Å².